The maximum atomic E-state index is 12.2. The van der Waals surface area contributed by atoms with Crippen LogP contribution in [-0.2, 0) is 16.1 Å². The third-order valence-corrected chi connectivity index (χ3v) is 4.80. The molecule has 0 radical (unpaired) electrons. The van der Waals surface area contributed by atoms with Crippen LogP contribution in [0.3, 0.4) is 0 Å². The van der Waals surface area contributed by atoms with Gasteiger partial charge in [0.1, 0.15) is 0 Å². The average molecular weight is 376 g/mol. The van der Waals surface area contributed by atoms with Gasteiger partial charge in [-0.25, -0.2) is 4.98 Å². The first kappa shape index (κ1) is 17.8. The van der Waals surface area contributed by atoms with Crippen LogP contribution in [0, 0.1) is 0 Å². The summed E-state index contributed by atoms with van der Waals surface area (Å²) in [6.07, 6.45) is 0. The van der Waals surface area contributed by atoms with Gasteiger partial charge in [0.05, 0.1) is 23.4 Å². The van der Waals surface area contributed by atoms with Crippen LogP contribution in [0.25, 0.3) is 11.0 Å². The van der Waals surface area contributed by atoms with E-state index < -0.39 is 0 Å². The minimum absolute atomic E-state index is 0.0698. The van der Waals surface area contributed by atoms with Crippen molar-refractivity contribution in [3.8, 4) is 0 Å². The molecule has 0 bridgehead atoms. The van der Waals surface area contributed by atoms with Crippen molar-refractivity contribution in [1.29, 1.82) is 0 Å². The zero-order chi connectivity index (χ0) is 17.6. The number of hydrogen-bond donors (Lipinski definition) is 1. The number of halogens is 1. The lowest BCUT2D eigenvalue weighted by Gasteiger charge is -2.08. The van der Waals surface area contributed by atoms with Crippen LogP contribution >= 0.6 is 23.4 Å². The smallest absolute Gasteiger partial charge is 0.234 e. The Morgan fingerprint density at radius 2 is 2.08 bits per heavy atom. The summed E-state index contributed by atoms with van der Waals surface area (Å²) < 4.78 is 7.24. The highest BCUT2D eigenvalue weighted by molar-refractivity contribution is 7.99. The number of anilines is 1. The number of rotatable bonds is 7. The maximum Gasteiger partial charge on any atom is 0.234 e. The van der Waals surface area contributed by atoms with Crippen molar-refractivity contribution in [3.05, 3.63) is 53.6 Å². The molecule has 1 N–H and O–H groups in total. The summed E-state index contributed by atoms with van der Waals surface area (Å²) in [6, 6.07) is 15.0. The first-order valence-electron chi connectivity index (χ1n) is 7.80. The zero-order valence-corrected chi connectivity index (χ0v) is 15.3. The van der Waals surface area contributed by atoms with Gasteiger partial charge in [0.2, 0.25) is 5.91 Å². The molecular formula is C18H18ClN3O2S. The standard InChI is InChI=1S/C18H18ClN3O2S/c1-24-10-9-22-16-8-7-13(19)11-15(16)21-18(22)25-12-17(23)20-14-5-3-2-4-6-14/h2-8,11H,9-10,12H2,1H3,(H,20,23). The van der Waals surface area contributed by atoms with E-state index in [9.17, 15) is 4.79 Å². The first-order chi connectivity index (χ1) is 12.2. The Morgan fingerprint density at radius 1 is 1.28 bits per heavy atom. The third-order valence-electron chi connectivity index (χ3n) is 3.58. The second-order valence-electron chi connectivity index (χ2n) is 5.37. The molecule has 0 aliphatic carbocycles. The highest BCUT2D eigenvalue weighted by atomic mass is 35.5. The number of fused-ring (bicyclic) bond motifs is 1. The number of methoxy groups -OCH3 is 1. The van der Waals surface area contributed by atoms with Gasteiger partial charge in [-0.3, -0.25) is 4.79 Å². The van der Waals surface area contributed by atoms with Gasteiger partial charge in [0, 0.05) is 24.4 Å². The fourth-order valence-corrected chi connectivity index (χ4v) is 3.45. The van der Waals surface area contributed by atoms with Crippen molar-refractivity contribution >= 4 is 46.0 Å². The molecule has 1 amide bonds. The van der Waals surface area contributed by atoms with E-state index in [4.69, 9.17) is 16.3 Å². The molecule has 5 nitrogen and oxygen atoms in total. The normalized spacial score (nSPS) is 11.0. The van der Waals surface area contributed by atoms with Gasteiger partial charge < -0.3 is 14.6 Å². The summed E-state index contributed by atoms with van der Waals surface area (Å²) in [5, 5.41) is 4.29. The summed E-state index contributed by atoms with van der Waals surface area (Å²) in [6.45, 7) is 1.23. The number of para-hydroxylation sites is 1. The lowest BCUT2D eigenvalue weighted by Crippen LogP contribution is -2.14. The Balaban J connectivity index is 1.74. The van der Waals surface area contributed by atoms with Crippen molar-refractivity contribution in [2.45, 2.75) is 11.7 Å². The number of ether oxygens (including phenoxy) is 1. The molecule has 1 heterocycles. The van der Waals surface area contributed by atoms with E-state index in [2.05, 4.69) is 14.9 Å². The van der Waals surface area contributed by atoms with Crippen molar-refractivity contribution in [2.24, 2.45) is 0 Å². The van der Waals surface area contributed by atoms with Gasteiger partial charge in [-0.1, -0.05) is 41.6 Å². The van der Waals surface area contributed by atoms with Gasteiger partial charge in [0.15, 0.2) is 5.16 Å². The fourth-order valence-electron chi connectivity index (χ4n) is 2.44. The molecule has 1 aromatic heterocycles. The number of amides is 1. The lowest BCUT2D eigenvalue weighted by atomic mass is 10.3. The van der Waals surface area contributed by atoms with E-state index in [0.717, 1.165) is 21.9 Å². The number of thioether (sulfide) groups is 1. The number of carbonyl (C=O) groups is 1. The van der Waals surface area contributed by atoms with Crippen molar-refractivity contribution < 1.29 is 9.53 Å². The number of nitrogens with zero attached hydrogens (tertiary/aromatic N) is 2. The van der Waals surface area contributed by atoms with Gasteiger partial charge in [-0.05, 0) is 30.3 Å². The van der Waals surface area contributed by atoms with Gasteiger partial charge in [-0.15, -0.1) is 0 Å². The van der Waals surface area contributed by atoms with E-state index in [1.54, 1.807) is 7.11 Å². The number of aromatic nitrogens is 2. The molecule has 0 spiro atoms. The predicted octanol–water partition coefficient (Wildman–Crippen LogP) is 4.07. The Labute approximate surface area is 155 Å². The van der Waals surface area contributed by atoms with Gasteiger partial charge in [-0.2, -0.15) is 0 Å². The summed E-state index contributed by atoms with van der Waals surface area (Å²) >= 11 is 7.46. The van der Waals surface area contributed by atoms with Crippen LogP contribution in [0.2, 0.25) is 5.02 Å². The topological polar surface area (TPSA) is 56.1 Å². The maximum absolute atomic E-state index is 12.2. The Morgan fingerprint density at radius 3 is 2.84 bits per heavy atom. The molecule has 2 aromatic carbocycles. The molecule has 0 aliphatic heterocycles. The van der Waals surface area contributed by atoms with Crippen molar-refractivity contribution in [3.63, 3.8) is 0 Å². The minimum Gasteiger partial charge on any atom is -0.383 e. The minimum atomic E-state index is -0.0698. The highest BCUT2D eigenvalue weighted by Crippen LogP contribution is 2.26. The SMILES string of the molecule is COCCn1c(SCC(=O)Nc2ccccc2)nc2cc(Cl)ccc21. The quantitative estimate of drug-likeness (QED) is 0.632. The molecule has 0 unspecified atom stereocenters. The predicted molar refractivity (Wildman–Crippen MR) is 102 cm³/mol. The molecule has 0 atom stereocenters. The third kappa shape index (κ3) is 4.54. The molecule has 0 saturated carbocycles. The molecule has 0 fully saturated rings. The van der Waals surface area contributed by atoms with E-state index in [0.29, 0.717) is 18.2 Å². The Hall–Kier alpha value is -2.02. The largest absolute Gasteiger partial charge is 0.383 e. The van der Waals surface area contributed by atoms with Crippen LogP contribution in [0.1, 0.15) is 0 Å². The van der Waals surface area contributed by atoms with Crippen molar-refractivity contribution in [2.75, 3.05) is 24.8 Å². The molecule has 3 aromatic rings. The average Bonchev–Trinajstić information content (AvgIpc) is 2.95. The summed E-state index contributed by atoms with van der Waals surface area (Å²) in [5.74, 6) is 0.207. The van der Waals surface area contributed by atoms with E-state index in [-0.39, 0.29) is 11.7 Å². The number of nitrogens with one attached hydrogen (secondary N) is 1. The van der Waals surface area contributed by atoms with E-state index in [1.807, 2.05) is 48.5 Å². The summed E-state index contributed by atoms with van der Waals surface area (Å²) in [5.41, 5.74) is 2.58. The highest BCUT2D eigenvalue weighted by Gasteiger charge is 2.13. The van der Waals surface area contributed by atoms with E-state index >= 15 is 0 Å². The van der Waals surface area contributed by atoms with E-state index in [1.165, 1.54) is 11.8 Å². The van der Waals surface area contributed by atoms with Crippen LogP contribution < -0.4 is 5.32 Å². The fraction of sp³-hybridized carbons (Fsp3) is 0.222. The molecule has 3 rings (SSSR count). The van der Waals surface area contributed by atoms with Crippen LogP contribution in [-0.4, -0.2) is 34.9 Å². The van der Waals surface area contributed by atoms with Crippen molar-refractivity contribution in [1.82, 2.24) is 9.55 Å². The molecule has 25 heavy (non-hydrogen) atoms. The zero-order valence-electron chi connectivity index (χ0n) is 13.7. The number of benzene rings is 2. The monoisotopic (exact) mass is 375 g/mol. The summed E-state index contributed by atoms with van der Waals surface area (Å²) in [4.78, 5) is 16.8. The lowest BCUT2D eigenvalue weighted by molar-refractivity contribution is -0.113. The molecule has 7 heteroatoms. The van der Waals surface area contributed by atoms with Gasteiger partial charge >= 0.3 is 0 Å². The number of carbonyl (C=O) groups excluding carboxylic acids is 1. The second-order valence-corrected chi connectivity index (χ2v) is 6.75. The number of hydrogen-bond acceptors (Lipinski definition) is 4. The Kier molecular flexibility index (Phi) is 5.96. The van der Waals surface area contributed by atoms with Crippen LogP contribution in [0.15, 0.2) is 53.7 Å². The molecule has 0 saturated heterocycles. The van der Waals surface area contributed by atoms with Gasteiger partial charge in [0.25, 0.3) is 0 Å². The Bertz CT molecular complexity index is 867. The van der Waals surface area contributed by atoms with Crippen LogP contribution in [0.5, 0.6) is 0 Å². The number of imidazole rings is 1. The second kappa shape index (κ2) is 8.38. The van der Waals surface area contributed by atoms with Crippen LogP contribution in [0.4, 0.5) is 5.69 Å². The summed E-state index contributed by atoms with van der Waals surface area (Å²) in [7, 11) is 1.66. The molecule has 0 aliphatic rings. The first-order valence-corrected chi connectivity index (χ1v) is 9.16. The molecule has 130 valence electrons. The molecular weight excluding hydrogens is 358 g/mol.